The Bertz CT molecular complexity index is 1100. The van der Waals surface area contributed by atoms with E-state index in [2.05, 4.69) is 31.4 Å². The van der Waals surface area contributed by atoms with Crippen molar-refractivity contribution in [2.24, 2.45) is 0 Å². The molecule has 27 heavy (non-hydrogen) atoms. The van der Waals surface area contributed by atoms with Crippen LogP contribution >= 0.6 is 11.6 Å². The first kappa shape index (κ1) is 18.1. The fourth-order valence-corrected chi connectivity index (χ4v) is 3.19. The van der Waals surface area contributed by atoms with Gasteiger partial charge in [0.15, 0.2) is 5.82 Å². The molecule has 0 aliphatic heterocycles. The number of imidazole rings is 1. The molecule has 1 fully saturated rings. The van der Waals surface area contributed by atoms with Gasteiger partial charge >= 0.3 is 0 Å². The van der Waals surface area contributed by atoms with E-state index in [-0.39, 0.29) is 30.1 Å². The van der Waals surface area contributed by atoms with Crippen LogP contribution in [0.3, 0.4) is 0 Å². The molecule has 3 aromatic heterocycles. The minimum Gasteiger partial charge on any atom is -0.471 e. The molecule has 0 bridgehead atoms. The summed E-state index contributed by atoms with van der Waals surface area (Å²) in [5, 5.41) is 0.135. The first-order valence-corrected chi connectivity index (χ1v) is 10.5. The van der Waals surface area contributed by atoms with Crippen LogP contribution in [0.1, 0.15) is 35.8 Å². The highest BCUT2D eigenvalue weighted by Crippen LogP contribution is 2.39. The molecule has 0 N–H and O–H groups in total. The molecule has 1 aliphatic rings. The first-order valence-electron chi connectivity index (χ1n) is 8.34. The van der Waals surface area contributed by atoms with Gasteiger partial charge < -0.3 is 9.14 Å². The standard InChI is InChI=1S/C17H17ClN4O4S/c1-27(23,24)26-10-15-20-14(18)6-17(21-15)25-9-13-8-22-7-12(11-2-3-11)4-5-16(22)19-13/h4-8,11H,2-3,9-10H2,1H3. The lowest BCUT2D eigenvalue weighted by Crippen LogP contribution is -2.07. The highest BCUT2D eigenvalue weighted by Gasteiger charge is 2.23. The molecule has 0 amide bonds. The van der Waals surface area contributed by atoms with Crippen LogP contribution in [-0.4, -0.2) is 34.0 Å². The minimum absolute atomic E-state index is 0.118. The van der Waals surface area contributed by atoms with Gasteiger partial charge in [-0.25, -0.2) is 9.97 Å². The predicted octanol–water partition coefficient (Wildman–Crippen LogP) is 2.71. The number of hydrogen-bond acceptors (Lipinski definition) is 7. The van der Waals surface area contributed by atoms with Crippen LogP contribution in [0, 0.1) is 0 Å². The number of rotatable bonds is 7. The maximum Gasteiger partial charge on any atom is 0.264 e. The van der Waals surface area contributed by atoms with Gasteiger partial charge in [-0.3, -0.25) is 4.18 Å². The zero-order valence-electron chi connectivity index (χ0n) is 14.5. The van der Waals surface area contributed by atoms with Gasteiger partial charge in [-0.2, -0.15) is 13.4 Å². The molecule has 3 aromatic rings. The van der Waals surface area contributed by atoms with Gasteiger partial charge in [-0.1, -0.05) is 17.7 Å². The molecule has 1 aliphatic carbocycles. The van der Waals surface area contributed by atoms with Crippen LogP contribution in [0.2, 0.25) is 5.15 Å². The Hall–Kier alpha value is -2.23. The van der Waals surface area contributed by atoms with E-state index in [0.717, 1.165) is 17.6 Å². The third-order valence-corrected chi connectivity index (χ3v) is 4.80. The quantitative estimate of drug-likeness (QED) is 0.438. The van der Waals surface area contributed by atoms with E-state index < -0.39 is 10.1 Å². The van der Waals surface area contributed by atoms with Crippen LogP contribution in [0.25, 0.3) is 5.65 Å². The van der Waals surface area contributed by atoms with E-state index in [1.165, 1.54) is 24.5 Å². The van der Waals surface area contributed by atoms with Gasteiger partial charge in [0.25, 0.3) is 10.1 Å². The molecule has 0 atom stereocenters. The summed E-state index contributed by atoms with van der Waals surface area (Å²) >= 11 is 5.94. The molecule has 0 saturated heterocycles. The molecule has 1 saturated carbocycles. The Morgan fingerprint density at radius 1 is 1.19 bits per heavy atom. The number of pyridine rings is 1. The summed E-state index contributed by atoms with van der Waals surface area (Å²) in [6.07, 6.45) is 7.46. The van der Waals surface area contributed by atoms with E-state index >= 15 is 0 Å². The van der Waals surface area contributed by atoms with Crippen molar-refractivity contribution in [1.82, 2.24) is 19.4 Å². The normalized spacial score (nSPS) is 14.6. The van der Waals surface area contributed by atoms with Gasteiger partial charge in [0.1, 0.15) is 24.0 Å². The van der Waals surface area contributed by atoms with Crippen molar-refractivity contribution in [3.63, 3.8) is 0 Å². The van der Waals surface area contributed by atoms with E-state index in [1.807, 2.05) is 16.7 Å². The lowest BCUT2D eigenvalue weighted by molar-refractivity contribution is 0.276. The molecule has 3 heterocycles. The Labute approximate surface area is 161 Å². The topological polar surface area (TPSA) is 95.7 Å². The summed E-state index contributed by atoms with van der Waals surface area (Å²) in [7, 11) is -3.60. The second-order valence-corrected chi connectivity index (χ2v) is 8.47. The SMILES string of the molecule is CS(=O)(=O)OCc1nc(Cl)cc(OCc2cn3cc(C4CC4)ccc3n2)n1. The predicted molar refractivity (Wildman–Crippen MR) is 98.2 cm³/mol. The average Bonchev–Trinajstić information content (AvgIpc) is 3.36. The summed E-state index contributed by atoms with van der Waals surface area (Å²) in [5.41, 5.74) is 2.91. The van der Waals surface area contributed by atoms with Crippen molar-refractivity contribution in [2.75, 3.05) is 6.26 Å². The van der Waals surface area contributed by atoms with Crippen molar-refractivity contribution in [3.05, 3.63) is 52.8 Å². The van der Waals surface area contributed by atoms with Crippen molar-refractivity contribution in [2.45, 2.75) is 32.0 Å². The van der Waals surface area contributed by atoms with E-state index in [9.17, 15) is 8.42 Å². The van der Waals surface area contributed by atoms with E-state index in [4.69, 9.17) is 16.3 Å². The third kappa shape index (κ3) is 4.74. The van der Waals surface area contributed by atoms with Crippen molar-refractivity contribution >= 4 is 27.4 Å². The lowest BCUT2D eigenvalue weighted by atomic mass is 10.2. The van der Waals surface area contributed by atoms with E-state index in [1.54, 1.807) is 0 Å². The fraction of sp³-hybridized carbons (Fsp3) is 0.353. The highest BCUT2D eigenvalue weighted by atomic mass is 35.5. The van der Waals surface area contributed by atoms with Gasteiger partial charge in [0, 0.05) is 18.5 Å². The molecule has 0 radical (unpaired) electrons. The number of ether oxygens (including phenoxy) is 1. The zero-order valence-corrected chi connectivity index (χ0v) is 16.1. The highest BCUT2D eigenvalue weighted by molar-refractivity contribution is 7.85. The number of aromatic nitrogens is 4. The van der Waals surface area contributed by atoms with Gasteiger partial charge in [-0.05, 0) is 30.4 Å². The molecule has 0 spiro atoms. The van der Waals surface area contributed by atoms with Gasteiger partial charge in [0.2, 0.25) is 5.88 Å². The molecular formula is C17H17ClN4O4S. The fourth-order valence-electron chi connectivity index (χ4n) is 2.68. The zero-order chi connectivity index (χ0) is 19.0. The molecule has 4 rings (SSSR count). The molecule has 0 unspecified atom stereocenters. The van der Waals surface area contributed by atoms with Crippen LogP contribution in [0.4, 0.5) is 0 Å². The second-order valence-electron chi connectivity index (χ2n) is 6.43. The average molecular weight is 409 g/mol. The summed E-state index contributed by atoms with van der Waals surface area (Å²) < 4.78 is 34.5. The largest absolute Gasteiger partial charge is 0.471 e. The van der Waals surface area contributed by atoms with Crippen LogP contribution < -0.4 is 4.74 Å². The monoisotopic (exact) mass is 408 g/mol. The Kier molecular flexibility index (Phi) is 4.75. The molecular weight excluding hydrogens is 392 g/mol. The van der Waals surface area contributed by atoms with Crippen molar-refractivity contribution < 1.29 is 17.3 Å². The Morgan fingerprint density at radius 3 is 2.74 bits per heavy atom. The molecule has 8 nitrogen and oxygen atoms in total. The van der Waals surface area contributed by atoms with Crippen LogP contribution in [0.15, 0.2) is 30.6 Å². The summed E-state index contributed by atoms with van der Waals surface area (Å²) in [6.45, 7) is -0.117. The van der Waals surface area contributed by atoms with Crippen LogP contribution in [0.5, 0.6) is 5.88 Å². The van der Waals surface area contributed by atoms with Gasteiger partial charge in [-0.15, -0.1) is 0 Å². The Balaban J connectivity index is 1.46. The third-order valence-electron chi connectivity index (χ3n) is 4.06. The first-order chi connectivity index (χ1) is 12.9. The summed E-state index contributed by atoms with van der Waals surface area (Å²) in [4.78, 5) is 12.6. The molecule has 0 aromatic carbocycles. The van der Waals surface area contributed by atoms with Crippen molar-refractivity contribution in [1.29, 1.82) is 0 Å². The number of halogens is 1. The summed E-state index contributed by atoms with van der Waals surface area (Å²) in [5.74, 6) is 1.01. The van der Waals surface area contributed by atoms with Crippen LogP contribution in [-0.2, 0) is 27.5 Å². The molecule has 10 heteroatoms. The van der Waals surface area contributed by atoms with Gasteiger partial charge in [0.05, 0.1) is 11.9 Å². The summed E-state index contributed by atoms with van der Waals surface area (Å²) in [6, 6.07) is 5.56. The maximum atomic E-state index is 11.1. The minimum atomic E-state index is -3.60. The Morgan fingerprint density at radius 2 is 2.00 bits per heavy atom. The van der Waals surface area contributed by atoms with E-state index in [0.29, 0.717) is 5.92 Å². The van der Waals surface area contributed by atoms with Crippen molar-refractivity contribution in [3.8, 4) is 5.88 Å². The molecule has 142 valence electrons. The smallest absolute Gasteiger partial charge is 0.264 e. The lowest BCUT2D eigenvalue weighted by Gasteiger charge is -2.06. The number of fused-ring (bicyclic) bond motifs is 1. The second kappa shape index (κ2) is 7.06. The number of nitrogens with zero attached hydrogens (tertiary/aromatic N) is 4. The number of hydrogen-bond donors (Lipinski definition) is 0. The maximum absolute atomic E-state index is 11.1.